The molecule has 1 heterocycles. The monoisotopic (exact) mass is 338 g/mol. The van der Waals surface area contributed by atoms with Crippen molar-refractivity contribution in [3.63, 3.8) is 0 Å². The minimum absolute atomic E-state index is 0.109. The van der Waals surface area contributed by atoms with Crippen LogP contribution in [0.2, 0.25) is 0 Å². The SMILES string of the molecule is COc1ccc(-c2nc(COc3ccc(NC(C)=O)cc3)co2)cc1. The second-order valence-electron chi connectivity index (χ2n) is 5.37. The first-order valence-corrected chi connectivity index (χ1v) is 7.73. The molecule has 2 aromatic carbocycles. The highest BCUT2D eigenvalue weighted by molar-refractivity contribution is 5.88. The molecular weight excluding hydrogens is 320 g/mol. The molecule has 0 radical (unpaired) electrons. The third kappa shape index (κ3) is 4.38. The lowest BCUT2D eigenvalue weighted by molar-refractivity contribution is -0.114. The average molecular weight is 338 g/mol. The van der Waals surface area contributed by atoms with Gasteiger partial charge in [-0.25, -0.2) is 4.98 Å². The van der Waals surface area contributed by atoms with Gasteiger partial charge in [0.15, 0.2) is 0 Å². The van der Waals surface area contributed by atoms with Crippen molar-refractivity contribution in [2.24, 2.45) is 0 Å². The van der Waals surface area contributed by atoms with Gasteiger partial charge in [-0.1, -0.05) is 0 Å². The molecule has 0 fully saturated rings. The van der Waals surface area contributed by atoms with Crippen molar-refractivity contribution in [3.05, 3.63) is 60.5 Å². The Kier molecular flexibility index (Phi) is 4.99. The van der Waals surface area contributed by atoms with Gasteiger partial charge >= 0.3 is 0 Å². The van der Waals surface area contributed by atoms with Crippen LogP contribution in [0, 0.1) is 0 Å². The Balaban J connectivity index is 1.60. The average Bonchev–Trinajstić information content (AvgIpc) is 3.10. The Hall–Kier alpha value is -3.28. The lowest BCUT2D eigenvalue weighted by Crippen LogP contribution is -2.05. The van der Waals surface area contributed by atoms with Crippen molar-refractivity contribution in [2.45, 2.75) is 13.5 Å². The molecule has 0 saturated carbocycles. The van der Waals surface area contributed by atoms with Crippen LogP contribution in [-0.4, -0.2) is 18.0 Å². The van der Waals surface area contributed by atoms with E-state index < -0.39 is 0 Å². The summed E-state index contributed by atoms with van der Waals surface area (Å²) in [4.78, 5) is 15.4. The molecule has 0 aliphatic carbocycles. The van der Waals surface area contributed by atoms with Crippen LogP contribution < -0.4 is 14.8 Å². The summed E-state index contributed by atoms with van der Waals surface area (Å²) in [5.74, 6) is 1.88. The summed E-state index contributed by atoms with van der Waals surface area (Å²) in [5, 5.41) is 2.70. The summed E-state index contributed by atoms with van der Waals surface area (Å²) in [6, 6.07) is 14.6. The summed E-state index contributed by atoms with van der Waals surface area (Å²) in [6.07, 6.45) is 1.57. The number of anilines is 1. The van der Waals surface area contributed by atoms with Crippen molar-refractivity contribution in [2.75, 3.05) is 12.4 Å². The predicted octanol–water partition coefficient (Wildman–Crippen LogP) is 3.89. The Morgan fingerprint density at radius 2 is 1.76 bits per heavy atom. The fraction of sp³-hybridized carbons (Fsp3) is 0.158. The van der Waals surface area contributed by atoms with E-state index in [4.69, 9.17) is 13.9 Å². The predicted molar refractivity (Wildman–Crippen MR) is 93.6 cm³/mol. The maximum atomic E-state index is 11.0. The molecular formula is C19H18N2O4. The number of rotatable bonds is 6. The molecule has 1 aromatic heterocycles. The maximum Gasteiger partial charge on any atom is 0.226 e. The van der Waals surface area contributed by atoms with Gasteiger partial charge in [-0.05, 0) is 48.5 Å². The lowest BCUT2D eigenvalue weighted by atomic mass is 10.2. The fourth-order valence-corrected chi connectivity index (χ4v) is 2.23. The number of methoxy groups -OCH3 is 1. The Morgan fingerprint density at radius 3 is 2.40 bits per heavy atom. The number of nitrogens with zero attached hydrogens (tertiary/aromatic N) is 1. The molecule has 6 heteroatoms. The Morgan fingerprint density at radius 1 is 1.08 bits per heavy atom. The molecule has 0 aliphatic rings. The molecule has 0 bridgehead atoms. The first kappa shape index (κ1) is 16.6. The Labute approximate surface area is 145 Å². The van der Waals surface area contributed by atoms with Gasteiger partial charge in [-0.2, -0.15) is 0 Å². The van der Waals surface area contributed by atoms with E-state index in [1.807, 2.05) is 24.3 Å². The number of amides is 1. The fourth-order valence-electron chi connectivity index (χ4n) is 2.23. The zero-order valence-corrected chi connectivity index (χ0v) is 14.0. The highest BCUT2D eigenvalue weighted by Gasteiger charge is 2.08. The van der Waals surface area contributed by atoms with E-state index in [0.29, 0.717) is 23.9 Å². The second kappa shape index (κ2) is 7.53. The van der Waals surface area contributed by atoms with Gasteiger partial charge in [0.1, 0.15) is 30.1 Å². The van der Waals surface area contributed by atoms with E-state index >= 15 is 0 Å². The molecule has 0 spiro atoms. The van der Waals surface area contributed by atoms with Crippen molar-refractivity contribution in [3.8, 4) is 23.0 Å². The van der Waals surface area contributed by atoms with E-state index in [-0.39, 0.29) is 5.91 Å². The molecule has 0 unspecified atom stereocenters. The maximum absolute atomic E-state index is 11.0. The number of hydrogen-bond donors (Lipinski definition) is 1. The number of carbonyl (C=O) groups excluding carboxylic acids is 1. The van der Waals surface area contributed by atoms with Crippen molar-refractivity contribution < 1.29 is 18.7 Å². The first-order chi connectivity index (χ1) is 12.1. The smallest absolute Gasteiger partial charge is 0.226 e. The van der Waals surface area contributed by atoms with Gasteiger partial charge in [0.2, 0.25) is 11.8 Å². The summed E-state index contributed by atoms with van der Waals surface area (Å²) in [5.41, 5.74) is 2.28. The van der Waals surface area contributed by atoms with Crippen LogP contribution in [0.25, 0.3) is 11.5 Å². The van der Waals surface area contributed by atoms with Gasteiger partial charge in [0.05, 0.1) is 7.11 Å². The molecule has 25 heavy (non-hydrogen) atoms. The van der Waals surface area contributed by atoms with Gasteiger partial charge in [-0.15, -0.1) is 0 Å². The van der Waals surface area contributed by atoms with E-state index in [1.165, 1.54) is 6.92 Å². The molecule has 0 atom stereocenters. The van der Waals surface area contributed by atoms with Crippen LogP contribution in [0.1, 0.15) is 12.6 Å². The highest BCUT2D eigenvalue weighted by Crippen LogP contribution is 2.22. The van der Waals surface area contributed by atoms with Crippen LogP contribution in [-0.2, 0) is 11.4 Å². The molecule has 3 aromatic rings. The van der Waals surface area contributed by atoms with Crippen LogP contribution in [0.15, 0.2) is 59.2 Å². The van der Waals surface area contributed by atoms with Gasteiger partial charge in [0, 0.05) is 18.2 Å². The van der Waals surface area contributed by atoms with Crippen LogP contribution >= 0.6 is 0 Å². The number of benzene rings is 2. The highest BCUT2D eigenvalue weighted by atomic mass is 16.5. The van der Waals surface area contributed by atoms with Crippen LogP contribution in [0.4, 0.5) is 5.69 Å². The van der Waals surface area contributed by atoms with Crippen molar-refractivity contribution in [1.29, 1.82) is 0 Å². The number of ether oxygens (including phenoxy) is 2. The van der Waals surface area contributed by atoms with Crippen molar-refractivity contribution >= 4 is 11.6 Å². The second-order valence-corrected chi connectivity index (χ2v) is 5.37. The van der Waals surface area contributed by atoms with E-state index in [1.54, 1.807) is 37.6 Å². The Bertz CT molecular complexity index is 839. The zero-order chi connectivity index (χ0) is 17.6. The largest absolute Gasteiger partial charge is 0.497 e. The van der Waals surface area contributed by atoms with Crippen LogP contribution in [0.5, 0.6) is 11.5 Å². The summed E-state index contributed by atoms with van der Waals surface area (Å²) < 4.78 is 16.3. The quantitative estimate of drug-likeness (QED) is 0.738. The number of aromatic nitrogens is 1. The number of hydrogen-bond acceptors (Lipinski definition) is 5. The van der Waals surface area contributed by atoms with E-state index in [2.05, 4.69) is 10.3 Å². The summed E-state index contributed by atoms with van der Waals surface area (Å²) in [6.45, 7) is 1.76. The van der Waals surface area contributed by atoms with Crippen LogP contribution in [0.3, 0.4) is 0 Å². The number of carbonyl (C=O) groups is 1. The normalized spacial score (nSPS) is 10.3. The first-order valence-electron chi connectivity index (χ1n) is 7.73. The zero-order valence-electron chi connectivity index (χ0n) is 14.0. The van der Waals surface area contributed by atoms with E-state index in [0.717, 1.165) is 17.0 Å². The minimum Gasteiger partial charge on any atom is -0.497 e. The van der Waals surface area contributed by atoms with Crippen molar-refractivity contribution in [1.82, 2.24) is 4.98 Å². The third-order valence-corrected chi connectivity index (χ3v) is 3.45. The standard InChI is InChI=1S/C19H18N2O4/c1-13(22)20-15-5-9-18(10-6-15)24-11-16-12-25-19(21-16)14-3-7-17(23-2)8-4-14/h3-10,12H,11H2,1-2H3,(H,20,22). The van der Waals surface area contributed by atoms with Gasteiger partial charge in [0.25, 0.3) is 0 Å². The molecule has 0 saturated heterocycles. The molecule has 6 nitrogen and oxygen atoms in total. The van der Waals surface area contributed by atoms with Gasteiger partial charge in [-0.3, -0.25) is 4.79 Å². The minimum atomic E-state index is -0.109. The number of nitrogens with one attached hydrogen (secondary N) is 1. The summed E-state index contributed by atoms with van der Waals surface area (Å²) in [7, 11) is 1.62. The molecule has 1 N–H and O–H groups in total. The summed E-state index contributed by atoms with van der Waals surface area (Å²) >= 11 is 0. The lowest BCUT2D eigenvalue weighted by Gasteiger charge is -2.05. The molecule has 3 rings (SSSR count). The topological polar surface area (TPSA) is 73.6 Å². The van der Waals surface area contributed by atoms with Gasteiger partial charge < -0.3 is 19.2 Å². The number of oxazole rings is 1. The molecule has 1 amide bonds. The molecule has 0 aliphatic heterocycles. The van der Waals surface area contributed by atoms with E-state index in [9.17, 15) is 4.79 Å². The third-order valence-electron chi connectivity index (χ3n) is 3.45. The molecule has 128 valence electrons.